The lowest BCUT2D eigenvalue weighted by molar-refractivity contribution is -0.216. The van der Waals surface area contributed by atoms with Crippen molar-refractivity contribution in [3.8, 4) is 0 Å². The average molecular weight is 469 g/mol. The first-order chi connectivity index (χ1) is 16.2. The molecule has 1 aliphatic heterocycles. The number of benzene rings is 2. The fourth-order valence-corrected chi connectivity index (χ4v) is 4.66. The first-order valence-corrected chi connectivity index (χ1v) is 11.0. The highest BCUT2D eigenvalue weighted by atomic mass is 16.6. The van der Waals surface area contributed by atoms with E-state index in [1.54, 1.807) is 54.6 Å². The van der Waals surface area contributed by atoms with Gasteiger partial charge >= 0.3 is 5.69 Å². The zero-order chi connectivity index (χ0) is 24.5. The van der Waals surface area contributed by atoms with Crippen LogP contribution >= 0.6 is 0 Å². The molecular formula is C25H28N2O7. The third-order valence-electron chi connectivity index (χ3n) is 6.60. The van der Waals surface area contributed by atoms with Crippen LogP contribution in [-0.2, 0) is 17.6 Å². The highest BCUT2D eigenvalue weighted by molar-refractivity contribution is 5.26. The second kappa shape index (κ2) is 9.28. The maximum absolute atomic E-state index is 12.6. The van der Waals surface area contributed by atoms with Gasteiger partial charge in [-0.3, -0.25) is 14.3 Å². The van der Waals surface area contributed by atoms with E-state index in [1.807, 2.05) is 6.07 Å². The summed E-state index contributed by atoms with van der Waals surface area (Å²) in [6.45, 7) is 0.644. The number of hydrogen-bond acceptors (Lipinski definition) is 7. The number of H-pyrrole nitrogens is 1. The smallest absolute Gasteiger partial charge is 0.330 e. The lowest BCUT2D eigenvalue weighted by Crippen LogP contribution is -2.66. The Balaban J connectivity index is 1.83. The largest absolute Gasteiger partial charge is 0.393 e. The van der Waals surface area contributed by atoms with Crippen molar-refractivity contribution in [3.63, 3.8) is 0 Å². The monoisotopic (exact) mass is 468 g/mol. The molecule has 2 heterocycles. The van der Waals surface area contributed by atoms with E-state index in [9.17, 15) is 30.0 Å². The van der Waals surface area contributed by atoms with Crippen molar-refractivity contribution in [3.05, 3.63) is 104 Å². The van der Waals surface area contributed by atoms with Crippen LogP contribution in [0.2, 0.25) is 0 Å². The van der Waals surface area contributed by atoms with E-state index >= 15 is 0 Å². The fourth-order valence-electron chi connectivity index (χ4n) is 4.66. The summed E-state index contributed by atoms with van der Waals surface area (Å²) >= 11 is 0. The topological polar surface area (TPSA) is 145 Å². The average Bonchev–Trinajstić information content (AvgIpc) is 3.05. The van der Waals surface area contributed by atoms with Gasteiger partial charge in [0.05, 0.1) is 12.7 Å². The maximum atomic E-state index is 12.6. The Hall–Kier alpha value is -3.08. The Morgan fingerprint density at radius 3 is 2.24 bits per heavy atom. The molecule has 180 valence electrons. The first-order valence-electron chi connectivity index (χ1n) is 11.0. The van der Waals surface area contributed by atoms with Crippen molar-refractivity contribution >= 4 is 0 Å². The molecule has 0 aliphatic carbocycles. The molecule has 2 aromatic carbocycles. The van der Waals surface area contributed by atoms with Crippen molar-refractivity contribution in [1.82, 2.24) is 9.55 Å². The molecule has 5 atom stereocenters. The van der Waals surface area contributed by atoms with Crippen molar-refractivity contribution in [2.24, 2.45) is 0 Å². The SMILES string of the molecule is Cc1cn([C@@H]2O[C@](CO)(C(O)Cc3ccccc3)[C@](O)(Cc3ccccc3)[C@H]2O)c(=O)[nH]c1=O. The molecule has 0 bridgehead atoms. The molecule has 1 saturated heterocycles. The number of ether oxygens (including phenoxy) is 1. The van der Waals surface area contributed by atoms with Crippen molar-refractivity contribution in [2.75, 3.05) is 6.61 Å². The van der Waals surface area contributed by atoms with Gasteiger partial charge in [0.1, 0.15) is 11.7 Å². The minimum atomic E-state index is -2.19. The summed E-state index contributed by atoms with van der Waals surface area (Å²) in [6, 6.07) is 17.8. The van der Waals surface area contributed by atoms with Gasteiger partial charge in [-0.05, 0) is 18.1 Å². The van der Waals surface area contributed by atoms with Crippen LogP contribution in [0.1, 0.15) is 22.9 Å². The highest BCUT2D eigenvalue weighted by Gasteiger charge is 2.68. The molecule has 0 spiro atoms. The number of hydrogen-bond donors (Lipinski definition) is 5. The standard InChI is InChI=1S/C25H28N2O7/c1-16-14-27(23(32)26-21(16)31)22-20(30)24(33,13-18-10-6-3-7-11-18)25(15-28,34-22)19(29)12-17-8-4-2-5-9-17/h2-11,14,19-20,22,28-30,33H,12-13,15H2,1H3,(H,26,31,32)/t19?,20-,22+,24-,25+/m0/s1. The lowest BCUT2D eigenvalue weighted by Gasteiger charge is -2.43. The number of aryl methyl sites for hydroxylation is 1. The molecule has 3 aromatic rings. The summed E-state index contributed by atoms with van der Waals surface area (Å²) in [7, 11) is 0. The minimum Gasteiger partial charge on any atom is -0.393 e. The van der Waals surface area contributed by atoms with Gasteiger partial charge in [0, 0.05) is 24.6 Å². The molecule has 5 N–H and O–H groups in total. The summed E-state index contributed by atoms with van der Waals surface area (Å²) in [5, 5.41) is 45.1. The summed E-state index contributed by atoms with van der Waals surface area (Å²) < 4.78 is 7.00. The van der Waals surface area contributed by atoms with Gasteiger partial charge in [-0.15, -0.1) is 0 Å². The second-order valence-electron chi connectivity index (χ2n) is 8.77. The molecule has 0 amide bonds. The quantitative estimate of drug-likeness (QED) is 0.329. The molecule has 1 fully saturated rings. The summed E-state index contributed by atoms with van der Waals surface area (Å²) in [5.41, 5.74) is -4.14. The number of aliphatic hydroxyl groups is 4. The van der Waals surface area contributed by atoms with E-state index in [1.165, 1.54) is 13.1 Å². The summed E-state index contributed by atoms with van der Waals surface area (Å²) in [5.74, 6) is 0. The number of aliphatic hydroxyl groups excluding tert-OH is 3. The van der Waals surface area contributed by atoms with Gasteiger partial charge in [0.15, 0.2) is 11.8 Å². The van der Waals surface area contributed by atoms with Gasteiger partial charge in [-0.1, -0.05) is 60.7 Å². The number of rotatable bonds is 7. The normalized spacial score (nSPS) is 27.6. The highest BCUT2D eigenvalue weighted by Crippen LogP contribution is 2.48. The van der Waals surface area contributed by atoms with Crippen LogP contribution in [0.15, 0.2) is 76.4 Å². The molecule has 0 saturated carbocycles. The van der Waals surface area contributed by atoms with Gasteiger partial charge in [-0.2, -0.15) is 0 Å². The Morgan fingerprint density at radius 1 is 1.06 bits per heavy atom. The molecule has 9 heteroatoms. The van der Waals surface area contributed by atoms with Crippen LogP contribution in [0.5, 0.6) is 0 Å². The lowest BCUT2D eigenvalue weighted by atomic mass is 9.72. The Bertz CT molecular complexity index is 1240. The van der Waals surface area contributed by atoms with Crippen LogP contribution in [0.25, 0.3) is 0 Å². The predicted molar refractivity (Wildman–Crippen MR) is 123 cm³/mol. The van der Waals surface area contributed by atoms with Crippen molar-refractivity contribution in [1.29, 1.82) is 0 Å². The third kappa shape index (κ3) is 4.02. The molecule has 1 aromatic heterocycles. The van der Waals surface area contributed by atoms with E-state index in [0.717, 1.165) is 10.1 Å². The molecule has 34 heavy (non-hydrogen) atoms. The zero-order valence-corrected chi connectivity index (χ0v) is 18.7. The van der Waals surface area contributed by atoms with Gasteiger partial charge in [0.25, 0.3) is 5.56 Å². The Kier molecular flexibility index (Phi) is 6.57. The van der Waals surface area contributed by atoms with E-state index in [2.05, 4.69) is 4.98 Å². The summed E-state index contributed by atoms with van der Waals surface area (Å²) in [4.78, 5) is 26.6. The van der Waals surface area contributed by atoms with E-state index in [4.69, 9.17) is 4.74 Å². The number of aromatic amines is 1. The number of nitrogens with zero attached hydrogens (tertiary/aromatic N) is 1. The first kappa shape index (κ1) is 24.1. The molecule has 4 rings (SSSR count). The van der Waals surface area contributed by atoms with Crippen LogP contribution < -0.4 is 11.2 Å². The van der Waals surface area contributed by atoms with E-state index in [-0.39, 0.29) is 18.4 Å². The van der Waals surface area contributed by atoms with Crippen LogP contribution in [0.3, 0.4) is 0 Å². The number of aromatic nitrogens is 2. The maximum Gasteiger partial charge on any atom is 0.330 e. The zero-order valence-electron chi connectivity index (χ0n) is 18.7. The Labute approximate surface area is 195 Å². The van der Waals surface area contributed by atoms with Gasteiger partial charge in [0.2, 0.25) is 0 Å². The van der Waals surface area contributed by atoms with Crippen LogP contribution in [0, 0.1) is 6.92 Å². The van der Waals surface area contributed by atoms with Crippen LogP contribution in [-0.4, -0.2) is 60.0 Å². The Morgan fingerprint density at radius 2 is 1.65 bits per heavy atom. The fraction of sp³-hybridized carbons (Fsp3) is 0.360. The van der Waals surface area contributed by atoms with Gasteiger partial charge < -0.3 is 25.2 Å². The van der Waals surface area contributed by atoms with Crippen LogP contribution in [0.4, 0.5) is 0 Å². The molecular weight excluding hydrogens is 440 g/mol. The molecule has 1 unspecified atom stereocenters. The minimum absolute atomic E-state index is 0.0114. The van der Waals surface area contributed by atoms with Crippen molar-refractivity contribution in [2.45, 2.75) is 49.4 Å². The number of nitrogens with one attached hydrogen (secondary N) is 1. The van der Waals surface area contributed by atoms with E-state index < -0.39 is 47.5 Å². The molecule has 0 radical (unpaired) electrons. The molecule has 1 aliphatic rings. The van der Waals surface area contributed by atoms with E-state index in [0.29, 0.717) is 5.56 Å². The summed E-state index contributed by atoms with van der Waals surface area (Å²) in [6.07, 6.45) is -3.60. The third-order valence-corrected chi connectivity index (χ3v) is 6.60. The second-order valence-corrected chi connectivity index (χ2v) is 8.77. The van der Waals surface area contributed by atoms with Gasteiger partial charge in [-0.25, -0.2) is 4.79 Å². The predicted octanol–water partition coefficient (Wildman–Crippen LogP) is 0.0432. The van der Waals surface area contributed by atoms with Crippen molar-refractivity contribution < 1.29 is 25.2 Å². The molecule has 9 nitrogen and oxygen atoms in total.